The second-order valence-electron chi connectivity index (χ2n) is 9.59. The van der Waals surface area contributed by atoms with E-state index in [0.29, 0.717) is 12.8 Å². The molecule has 0 fully saturated rings. The molecule has 1 unspecified atom stereocenters. The molecule has 3 nitrogen and oxygen atoms in total. The van der Waals surface area contributed by atoms with Crippen LogP contribution in [0, 0.1) is 25.7 Å². The first kappa shape index (κ1) is 28.0. The van der Waals surface area contributed by atoms with E-state index >= 15 is 0 Å². The van der Waals surface area contributed by atoms with Gasteiger partial charge in [0, 0.05) is 11.0 Å². The number of unbranched alkanes of at least 4 members (excludes halogenated alkanes) is 1. The van der Waals surface area contributed by atoms with Gasteiger partial charge in [0.1, 0.15) is 17.6 Å². The number of aliphatic hydroxyl groups is 1. The monoisotopic (exact) mass is 463 g/mol. The third-order valence-electron chi connectivity index (χ3n) is 7.43. The standard InChI is InChI=1S/C31H45NO2/c1-8-13-14-29(32)34-28-18-17-27(22-24(28)7)31(11-4,12-5)26-16-15-25(23(6)21-26)19-20-30(33,9-2)10-3/h15-18,21-22,29,33H,8-14,32H2,1-7H3. The topological polar surface area (TPSA) is 55.5 Å². The van der Waals surface area contributed by atoms with Crippen LogP contribution < -0.4 is 10.5 Å². The van der Waals surface area contributed by atoms with Crippen LogP contribution in [0.15, 0.2) is 36.4 Å². The molecule has 0 saturated carbocycles. The quantitative estimate of drug-likeness (QED) is 0.274. The zero-order chi connectivity index (χ0) is 25.4. The summed E-state index contributed by atoms with van der Waals surface area (Å²) >= 11 is 0. The van der Waals surface area contributed by atoms with Crippen LogP contribution in [0.1, 0.15) is 107 Å². The fraction of sp³-hybridized carbons (Fsp3) is 0.548. The summed E-state index contributed by atoms with van der Waals surface area (Å²) in [5.41, 5.74) is 11.0. The van der Waals surface area contributed by atoms with E-state index in [9.17, 15) is 5.11 Å². The Labute approximate surface area is 208 Å². The fourth-order valence-electron chi connectivity index (χ4n) is 4.65. The van der Waals surface area contributed by atoms with E-state index in [4.69, 9.17) is 10.5 Å². The summed E-state index contributed by atoms with van der Waals surface area (Å²) in [7, 11) is 0. The van der Waals surface area contributed by atoms with Crippen LogP contribution in [0.3, 0.4) is 0 Å². The highest BCUT2D eigenvalue weighted by Gasteiger charge is 2.31. The van der Waals surface area contributed by atoms with Crippen LogP contribution in [-0.2, 0) is 5.41 Å². The number of rotatable bonds is 11. The molecule has 2 aromatic carbocycles. The van der Waals surface area contributed by atoms with Gasteiger partial charge in [-0.2, -0.15) is 0 Å². The van der Waals surface area contributed by atoms with Crippen LogP contribution >= 0.6 is 0 Å². The van der Waals surface area contributed by atoms with Gasteiger partial charge in [-0.25, -0.2) is 0 Å². The van der Waals surface area contributed by atoms with Gasteiger partial charge in [-0.1, -0.05) is 77.1 Å². The molecule has 3 N–H and O–H groups in total. The maximum atomic E-state index is 10.5. The van der Waals surface area contributed by atoms with Crippen molar-refractivity contribution in [2.45, 2.75) is 111 Å². The van der Waals surface area contributed by atoms with Crippen LogP contribution in [0.25, 0.3) is 0 Å². The number of ether oxygens (including phenoxy) is 1. The van der Waals surface area contributed by atoms with Gasteiger partial charge in [0.15, 0.2) is 0 Å². The van der Waals surface area contributed by atoms with Gasteiger partial charge in [-0.15, -0.1) is 0 Å². The molecule has 186 valence electrons. The van der Waals surface area contributed by atoms with Crippen molar-refractivity contribution in [2.24, 2.45) is 5.73 Å². The maximum absolute atomic E-state index is 10.5. The summed E-state index contributed by atoms with van der Waals surface area (Å²) in [5, 5.41) is 10.5. The molecular formula is C31H45NO2. The fourth-order valence-corrected chi connectivity index (χ4v) is 4.65. The van der Waals surface area contributed by atoms with Gasteiger partial charge in [0.2, 0.25) is 0 Å². The number of nitrogens with two attached hydrogens (primary N) is 1. The molecule has 0 aromatic heterocycles. The van der Waals surface area contributed by atoms with Crippen molar-refractivity contribution in [1.82, 2.24) is 0 Å². The highest BCUT2D eigenvalue weighted by atomic mass is 16.5. The first-order valence-corrected chi connectivity index (χ1v) is 13.1. The first-order chi connectivity index (χ1) is 16.2. The smallest absolute Gasteiger partial charge is 0.147 e. The molecule has 0 bridgehead atoms. The molecule has 34 heavy (non-hydrogen) atoms. The van der Waals surface area contributed by atoms with Crippen molar-refractivity contribution < 1.29 is 9.84 Å². The van der Waals surface area contributed by atoms with Crippen LogP contribution in [-0.4, -0.2) is 16.9 Å². The Kier molecular flexibility index (Phi) is 10.2. The molecule has 0 radical (unpaired) electrons. The van der Waals surface area contributed by atoms with Gasteiger partial charge in [0.05, 0.1) is 0 Å². The normalized spacial score (nSPS) is 12.7. The van der Waals surface area contributed by atoms with Crippen molar-refractivity contribution in [2.75, 3.05) is 0 Å². The van der Waals surface area contributed by atoms with E-state index in [0.717, 1.165) is 54.5 Å². The molecule has 2 rings (SSSR count). The minimum atomic E-state index is -0.915. The Bertz CT molecular complexity index is 990. The maximum Gasteiger partial charge on any atom is 0.147 e. The average molecular weight is 464 g/mol. The minimum absolute atomic E-state index is 0.0854. The Morgan fingerprint density at radius 3 is 1.97 bits per heavy atom. The van der Waals surface area contributed by atoms with Gasteiger partial charge < -0.3 is 9.84 Å². The van der Waals surface area contributed by atoms with E-state index in [-0.39, 0.29) is 11.6 Å². The Balaban J connectivity index is 2.40. The number of aryl methyl sites for hydroxylation is 2. The summed E-state index contributed by atoms with van der Waals surface area (Å²) in [6, 6.07) is 13.1. The van der Waals surface area contributed by atoms with E-state index < -0.39 is 5.60 Å². The summed E-state index contributed by atoms with van der Waals surface area (Å²) in [5.74, 6) is 7.19. The molecule has 2 aromatic rings. The lowest BCUT2D eigenvalue weighted by Gasteiger charge is -2.34. The molecule has 0 saturated heterocycles. The van der Waals surface area contributed by atoms with E-state index in [2.05, 4.69) is 82.9 Å². The van der Waals surface area contributed by atoms with Crippen LogP contribution in [0.2, 0.25) is 0 Å². The van der Waals surface area contributed by atoms with Gasteiger partial charge in [0.25, 0.3) is 0 Å². The van der Waals surface area contributed by atoms with Crippen molar-refractivity contribution in [3.63, 3.8) is 0 Å². The Morgan fingerprint density at radius 1 is 0.882 bits per heavy atom. The van der Waals surface area contributed by atoms with E-state index in [1.54, 1.807) is 0 Å². The van der Waals surface area contributed by atoms with Crippen molar-refractivity contribution in [3.8, 4) is 17.6 Å². The predicted octanol–water partition coefficient (Wildman–Crippen LogP) is 7.17. The molecule has 1 atom stereocenters. The van der Waals surface area contributed by atoms with Crippen LogP contribution in [0.5, 0.6) is 5.75 Å². The zero-order valence-electron chi connectivity index (χ0n) is 22.4. The first-order valence-electron chi connectivity index (χ1n) is 13.1. The number of hydrogen-bond acceptors (Lipinski definition) is 3. The summed E-state index contributed by atoms with van der Waals surface area (Å²) in [6.07, 6.45) is 6.05. The number of benzene rings is 2. The van der Waals surface area contributed by atoms with Crippen molar-refractivity contribution in [3.05, 3.63) is 64.2 Å². The molecule has 0 aliphatic rings. The molecule has 0 amide bonds. The lowest BCUT2D eigenvalue weighted by molar-refractivity contribution is 0.0931. The molecule has 0 aliphatic carbocycles. The SMILES string of the molecule is CCCCC(N)Oc1ccc(C(CC)(CC)c2ccc(C#CC(O)(CC)CC)c(C)c2)cc1C. The van der Waals surface area contributed by atoms with E-state index in [1.165, 1.54) is 11.1 Å². The molecular weight excluding hydrogens is 418 g/mol. The largest absolute Gasteiger partial charge is 0.475 e. The summed E-state index contributed by atoms with van der Waals surface area (Å²) in [4.78, 5) is 0. The van der Waals surface area contributed by atoms with Crippen LogP contribution in [0.4, 0.5) is 0 Å². The van der Waals surface area contributed by atoms with Crippen molar-refractivity contribution in [1.29, 1.82) is 0 Å². The molecule has 0 spiro atoms. The summed E-state index contributed by atoms with van der Waals surface area (Å²) < 4.78 is 6.04. The Morgan fingerprint density at radius 2 is 1.47 bits per heavy atom. The van der Waals surface area contributed by atoms with Gasteiger partial charge >= 0.3 is 0 Å². The lowest BCUT2D eigenvalue weighted by Crippen LogP contribution is -2.28. The second-order valence-corrected chi connectivity index (χ2v) is 9.59. The van der Waals surface area contributed by atoms with Gasteiger partial charge in [-0.3, -0.25) is 5.73 Å². The highest BCUT2D eigenvalue weighted by molar-refractivity contribution is 5.50. The minimum Gasteiger partial charge on any atom is -0.475 e. The highest BCUT2D eigenvalue weighted by Crippen LogP contribution is 2.41. The third kappa shape index (κ3) is 6.44. The summed E-state index contributed by atoms with van der Waals surface area (Å²) in [6.45, 7) is 14.8. The third-order valence-corrected chi connectivity index (χ3v) is 7.43. The zero-order valence-corrected chi connectivity index (χ0v) is 22.4. The molecule has 0 heterocycles. The van der Waals surface area contributed by atoms with Gasteiger partial charge in [-0.05, 0) is 86.8 Å². The number of hydrogen-bond donors (Lipinski definition) is 2. The van der Waals surface area contributed by atoms with Crippen molar-refractivity contribution >= 4 is 0 Å². The van der Waals surface area contributed by atoms with E-state index in [1.807, 2.05) is 13.8 Å². The second kappa shape index (κ2) is 12.4. The molecule has 3 heteroatoms. The lowest BCUT2D eigenvalue weighted by atomic mass is 9.70. The average Bonchev–Trinajstić information content (AvgIpc) is 2.84. The predicted molar refractivity (Wildman–Crippen MR) is 144 cm³/mol. The Hall–Kier alpha value is -2.28. The molecule has 0 aliphatic heterocycles.